The van der Waals surface area contributed by atoms with E-state index in [9.17, 15) is 0 Å². The van der Waals surface area contributed by atoms with Crippen molar-refractivity contribution in [3.05, 3.63) is 29.8 Å². The van der Waals surface area contributed by atoms with Gasteiger partial charge in [0.25, 0.3) is 0 Å². The molecule has 1 saturated heterocycles. The predicted octanol–water partition coefficient (Wildman–Crippen LogP) is 1.92. The number of hydrogen-bond donors (Lipinski definition) is 0. The quantitative estimate of drug-likeness (QED) is 0.702. The van der Waals surface area contributed by atoms with Crippen LogP contribution in [0.4, 0.5) is 0 Å². The van der Waals surface area contributed by atoms with E-state index in [1.54, 1.807) is 0 Å². The van der Waals surface area contributed by atoms with Crippen LogP contribution < -0.4 is 4.74 Å². The molecule has 0 radical (unpaired) electrons. The Labute approximate surface area is 89.2 Å². The molecule has 1 aromatic rings. The number of nitriles is 1. The summed E-state index contributed by atoms with van der Waals surface area (Å²) < 4.78 is 10.9. The first kappa shape index (κ1) is 10.0. The molecule has 0 amide bonds. The fourth-order valence-electron chi connectivity index (χ4n) is 1.31. The molecule has 0 bridgehead atoms. The highest BCUT2D eigenvalue weighted by Gasteiger charge is 2.40. The van der Waals surface area contributed by atoms with Crippen molar-refractivity contribution in [3.8, 4) is 11.8 Å². The third kappa shape index (κ3) is 2.48. The number of epoxide rings is 1. The molecule has 1 fully saturated rings. The summed E-state index contributed by atoms with van der Waals surface area (Å²) in [5.74, 6) is 0.788. The molecule has 0 aliphatic carbocycles. The first-order valence-corrected chi connectivity index (χ1v) is 4.95. The summed E-state index contributed by atoms with van der Waals surface area (Å²) in [6, 6.07) is 9.75. The Morgan fingerprint density at radius 2 is 2.27 bits per heavy atom. The standard InChI is InChI=1S/C12H13NO2/c1-12(9-15-12)8-14-11-5-3-2-4-10(11)6-7-13/h2-5H,6,8-9H2,1H3/t12-/m0/s1. The Kier molecular flexibility index (Phi) is 2.61. The average molecular weight is 203 g/mol. The van der Waals surface area contributed by atoms with Crippen molar-refractivity contribution >= 4 is 0 Å². The van der Waals surface area contributed by atoms with Crippen LogP contribution in [0.15, 0.2) is 24.3 Å². The van der Waals surface area contributed by atoms with E-state index < -0.39 is 0 Å². The Morgan fingerprint density at radius 3 is 2.93 bits per heavy atom. The van der Waals surface area contributed by atoms with E-state index in [-0.39, 0.29) is 5.60 Å². The largest absolute Gasteiger partial charge is 0.490 e. The van der Waals surface area contributed by atoms with Crippen LogP contribution >= 0.6 is 0 Å². The zero-order chi connectivity index (χ0) is 10.7. The SMILES string of the molecule is C[C@]1(COc2ccccc2CC#N)CO1. The van der Waals surface area contributed by atoms with E-state index in [1.165, 1.54) is 0 Å². The average Bonchev–Trinajstić information content (AvgIpc) is 2.97. The lowest BCUT2D eigenvalue weighted by Gasteiger charge is -2.11. The third-order valence-corrected chi connectivity index (χ3v) is 2.41. The Balaban J connectivity index is 2.03. The first-order chi connectivity index (χ1) is 7.23. The summed E-state index contributed by atoms with van der Waals surface area (Å²) >= 11 is 0. The second-order valence-electron chi connectivity index (χ2n) is 3.97. The fraction of sp³-hybridized carbons (Fsp3) is 0.417. The maximum Gasteiger partial charge on any atom is 0.123 e. The lowest BCUT2D eigenvalue weighted by Crippen LogP contribution is -2.17. The van der Waals surface area contributed by atoms with E-state index in [4.69, 9.17) is 14.7 Å². The van der Waals surface area contributed by atoms with E-state index in [0.29, 0.717) is 13.0 Å². The molecule has 0 aromatic heterocycles. The van der Waals surface area contributed by atoms with Crippen molar-refractivity contribution in [3.63, 3.8) is 0 Å². The van der Waals surface area contributed by atoms with Crippen molar-refractivity contribution in [2.24, 2.45) is 0 Å². The number of para-hydroxylation sites is 1. The predicted molar refractivity (Wildman–Crippen MR) is 55.6 cm³/mol. The van der Waals surface area contributed by atoms with Gasteiger partial charge in [0.2, 0.25) is 0 Å². The van der Waals surface area contributed by atoms with Gasteiger partial charge in [0, 0.05) is 5.56 Å². The van der Waals surface area contributed by atoms with Gasteiger partial charge >= 0.3 is 0 Å². The number of benzene rings is 1. The van der Waals surface area contributed by atoms with Crippen LogP contribution in [0, 0.1) is 11.3 Å². The Hall–Kier alpha value is -1.53. The van der Waals surface area contributed by atoms with Crippen LogP contribution in [0.5, 0.6) is 5.75 Å². The van der Waals surface area contributed by atoms with E-state index >= 15 is 0 Å². The zero-order valence-corrected chi connectivity index (χ0v) is 8.69. The molecule has 0 spiro atoms. The van der Waals surface area contributed by atoms with Gasteiger partial charge in [0.15, 0.2) is 0 Å². The molecule has 1 aliphatic heterocycles. The van der Waals surface area contributed by atoms with Crippen molar-refractivity contribution in [1.29, 1.82) is 5.26 Å². The van der Waals surface area contributed by atoms with Crippen LogP contribution in [0.25, 0.3) is 0 Å². The summed E-state index contributed by atoms with van der Waals surface area (Å²) in [6.45, 7) is 3.32. The van der Waals surface area contributed by atoms with Crippen LogP contribution in [0.3, 0.4) is 0 Å². The molecule has 3 heteroatoms. The molecule has 1 heterocycles. The maximum absolute atomic E-state index is 8.65. The fourth-order valence-corrected chi connectivity index (χ4v) is 1.31. The normalized spacial score (nSPS) is 23.2. The van der Waals surface area contributed by atoms with Gasteiger partial charge in [-0.3, -0.25) is 0 Å². The number of nitrogens with zero attached hydrogens (tertiary/aromatic N) is 1. The van der Waals surface area contributed by atoms with Crippen molar-refractivity contribution in [2.75, 3.05) is 13.2 Å². The third-order valence-electron chi connectivity index (χ3n) is 2.41. The van der Waals surface area contributed by atoms with E-state index in [0.717, 1.165) is 17.9 Å². The summed E-state index contributed by atoms with van der Waals surface area (Å²) in [5.41, 5.74) is 0.823. The molecule has 0 unspecified atom stereocenters. The van der Waals surface area contributed by atoms with Crippen molar-refractivity contribution in [2.45, 2.75) is 18.9 Å². The summed E-state index contributed by atoms with van der Waals surface area (Å²) in [5, 5.41) is 8.65. The Bertz CT molecular complexity index is 391. The minimum atomic E-state index is -0.111. The van der Waals surface area contributed by atoms with Gasteiger partial charge in [0.05, 0.1) is 19.1 Å². The number of hydrogen-bond acceptors (Lipinski definition) is 3. The monoisotopic (exact) mass is 203 g/mol. The molecule has 2 rings (SSSR count). The van der Waals surface area contributed by atoms with Crippen molar-refractivity contribution < 1.29 is 9.47 Å². The summed E-state index contributed by atoms with van der Waals surface area (Å²) in [7, 11) is 0. The van der Waals surface area contributed by atoms with Gasteiger partial charge in [-0.25, -0.2) is 0 Å². The molecule has 0 N–H and O–H groups in total. The van der Waals surface area contributed by atoms with Crippen LogP contribution in [-0.4, -0.2) is 18.8 Å². The van der Waals surface area contributed by atoms with Gasteiger partial charge in [-0.2, -0.15) is 5.26 Å². The van der Waals surface area contributed by atoms with Gasteiger partial charge in [-0.15, -0.1) is 0 Å². The maximum atomic E-state index is 8.65. The molecule has 1 atom stereocenters. The first-order valence-electron chi connectivity index (χ1n) is 4.95. The molecule has 78 valence electrons. The Morgan fingerprint density at radius 1 is 1.53 bits per heavy atom. The zero-order valence-electron chi connectivity index (χ0n) is 8.69. The topological polar surface area (TPSA) is 45.5 Å². The van der Waals surface area contributed by atoms with Crippen LogP contribution in [0.1, 0.15) is 12.5 Å². The highest BCUT2D eigenvalue weighted by molar-refractivity contribution is 5.35. The van der Waals surface area contributed by atoms with Crippen molar-refractivity contribution in [1.82, 2.24) is 0 Å². The van der Waals surface area contributed by atoms with Crippen LogP contribution in [0.2, 0.25) is 0 Å². The van der Waals surface area contributed by atoms with Gasteiger partial charge in [-0.1, -0.05) is 18.2 Å². The molecule has 3 nitrogen and oxygen atoms in total. The summed E-state index contributed by atoms with van der Waals surface area (Å²) in [4.78, 5) is 0. The lowest BCUT2D eigenvalue weighted by atomic mass is 10.1. The smallest absolute Gasteiger partial charge is 0.123 e. The van der Waals surface area contributed by atoms with Gasteiger partial charge in [-0.05, 0) is 13.0 Å². The minimum absolute atomic E-state index is 0.111. The number of ether oxygens (including phenoxy) is 2. The van der Waals surface area contributed by atoms with E-state index in [1.807, 2.05) is 31.2 Å². The second kappa shape index (κ2) is 3.92. The molecular formula is C12H13NO2. The van der Waals surface area contributed by atoms with Gasteiger partial charge < -0.3 is 9.47 Å². The van der Waals surface area contributed by atoms with Crippen LogP contribution in [-0.2, 0) is 11.2 Å². The second-order valence-corrected chi connectivity index (χ2v) is 3.97. The summed E-state index contributed by atoms with van der Waals surface area (Å²) in [6.07, 6.45) is 0.383. The van der Waals surface area contributed by atoms with E-state index in [2.05, 4.69) is 6.07 Å². The molecule has 1 aromatic carbocycles. The molecule has 15 heavy (non-hydrogen) atoms. The lowest BCUT2D eigenvalue weighted by molar-refractivity contribution is 0.201. The molecule has 0 saturated carbocycles. The van der Waals surface area contributed by atoms with Gasteiger partial charge in [0.1, 0.15) is 18.0 Å². The molecule has 1 aliphatic rings. The minimum Gasteiger partial charge on any atom is -0.490 e. The highest BCUT2D eigenvalue weighted by Crippen LogP contribution is 2.28. The molecular weight excluding hydrogens is 190 g/mol. The highest BCUT2D eigenvalue weighted by atomic mass is 16.6. The number of rotatable bonds is 4.